The molecule has 440 valence electrons. The Kier molecular flexibility index (Phi) is 60.5. The Balaban J connectivity index is 4.43. The highest BCUT2D eigenvalue weighted by Crippen LogP contribution is 2.15. The maximum atomic E-state index is 12.8. The van der Waals surface area contributed by atoms with Gasteiger partial charge in [0.15, 0.2) is 6.10 Å². The monoisotopic (exact) mass is 1080 g/mol. The van der Waals surface area contributed by atoms with Crippen molar-refractivity contribution in [2.45, 2.75) is 245 Å². The second kappa shape index (κ2) is 65.0. The van der Waals surface area contributed by atoms with Gasteiger partial charge in [-0.1, -0.05) is 274 Å². The molecule has 0 N–H and O–H groups in total. The van der Waals surface area contributed by atoms with E-state index >= 15 is 0 Å². The lowest BCUT2D eigenvalue weighted by atomic mass is 10.0. The molecule has 0 rings (SSSR count). The highest BCUT2D eigenvalue weighted by atomic mass is 16.6. The van der Waals surface area contributed by atoms with Crippen LogP contribution in [0.25, 0.3) is 0 Å². The van der Waals surface area contributed by atoms with Crippen molar-refractivity contribution in [3.05, 3.63) is 182 Å². The average Bonchev–Trinajstić information content (AvgIpc) is 3.45. The number of carbonyl (C=O) groups is 3. The lowest BCUT2D eigenvalue weighted by Crippen LogP contribution is -2.30. The van der Waals surface area contributed by atoms with Crippen LogP contribution in [0.1, 0.15) is 239 Å². The molecule has 0 fully saturated rings. The molecule has 0 spiro atoms. The number of allylic oxidation sites excluding steroid dienone is 30. The van der Waals surface area contributed by atoms with Crippen LogP contribution in [0.15, 0.2) is 182 Å². The van der Waals surface area contributed by atoms with E-state index in [1.54, 1.807) is 0 Å². The molecule has 6 nitrogen and oxygen atoms in total. The van der Waals surface area contributed by atoms with Gasteiger partial charge in [-0.3, -0.25) is 14.4 Å². The average molecular weight is 1090 g/mol. The Morgan fingerprint density at radius 1 is 0.253 bits per heavy atom. The molecule has 0 saturated carbocycles. The molecule has 0 aliphatic rings. The van der Waals surface area contributed by atoms with E-state index < -0.39 is 12.1 Å². The summed E-state index contributed by atoms with van der Waals surface area (Å²) >= 11 is 0. The minimum Gasteiger partial charge on any atom is -0.462 e. The van der Waals surface area contributed by atoms with Gasteiger partial charge in [-0.15, -0.1) is 0 Å². The molecule has 0 radical (unpaired) electrons. The van der Waals surface area contributed by atoms with Crippen molar-refractivity contribution in [3.8, 4) is 0 Å². The Hall–Kier alpha value is -5.49. The van der Waals surface area contributed by atoms with E-state index in [-0.39, 0.29) is 38.0 Å². The summed E-state index contributed by atoms with van der Waals surface area (Å²) in [5, 5.41) is 0. The molecular formula is C73H112O6. The number of hydrogen-bond acceptors (Lipinski definition) is 6. The SMILES string of the molecule is CC/C=C\C/C=C\C/C=C\C/C=C\C/C=C\C/C=C\CCC(=O)OC(COC(=O)CC/C=C\C/C=C\C/C=C\C/C=C\CC)COC(=O)CCCCCCCCCCCCCCC/C=C\C/C=C\C/C=C\C/C=C\C/C=C\CC. The molecule has 0 bridgehead atoms. The van der Waals surface area contributed by atoms with Gasteiger partial charge >= 0.3 is 17.9 Å². The number of carbonyl (C=O) groups excluding carboxylic acids is 3. The topological polar surface area (TPSA) is 78.9 Å². The van der Waals surface area contributed by atoms with Crippen molar-refractivity contribution in [2.75, 3.05) is 13.2 Å². The van der Waals surface area contributed by atoms with Gasteiger partial charge in [0.1, 0.15) is 13.2 Å². The van der Waals surface area contributed by atoms with E-state index in [0.29, 0.717) is 19.3 Å². The molecule has 0 amide bonds. The number of ether oxygens (including phenoxy) is 3. The van der Waals surface area contributed by atoms with Crippen LogP contribution in [0.5, 0.6) is 0 Å². The third kappa shape index (κ3) is 63.2. The summed E-state index contributed by atoms with van der Waals surface area (Å²) in [5.74, 6) is -1.12. The van der Waals surface area contributed by atoms with Gasteiger partial charge < -0.3 is 14.2 Å². The highest BCUT2D eigenvalue weighted by Gasteiger charge is 2.19. The Bertz CT molecular complexity index is 1870. The summed E-state index contributed by atoms with van der Waals surface area (Å²) in [6.45, 7) is 6.15. The lowest BCUT2D eigenvalue weighted by Gasteiger charge is -2.18. The van der Waals surface area contributed by atoms with Crippen molar-refractivity contribution < 1.29 is 28.6 Å². The van der Waals surface area contributed by atoms with Crippen molar-refractivity contribution in [3.63, 3.8) is 0 Å². The van der Waals surface area contributed by atoms with Gasteiger partial charge in [0, 0.05) is 19.3 Å². The number of rotatable bonds is 54. The smallest absolute Gasteiger partial charge is 0.306 e. The zero-order valence-electron chi connectivity index (χ0n) is 50.3. The van der Waals surface area contributed by atoms with Crippen LogP contribution in [0.3, 0.4) is 0 Å². The van der Waals surface area contributed by atoms with Gasteiger partial charge in [-0.2, -0.15) is 0 Å². The summed E-state index contributed by atoms with van der Waals surface area (Å²) in [6, 6.07) is 0. The summed E-state index contributed by atoms with van der Waals surface area (Å²) in [7, 11) is 0. The van der Waals surface area contributed by atoms with E-state index in [0.717, 1.165) is 116 Å². The fraction of sp³-hybridized carbons (Fsp3) is 0.548. The Morgan fingerprint density at radius 3 is 0.785 bits per heavy atom. The van der Waals surface area contributed by atoms with E-state index in [1.807, 2.05) is 24.3 Å². The van der Waals surface area contributed by atoms with E-state index in [1.165, 1.54) is 70.6 Å². The standard InChI is InChI=1S/C73H112O6/c1-4-7-10-13-16-19-22-25-27-29-31-32-33-34-35-36-37-38-39-40-42-43-45-48-51-54-57-60-63-66-72(75)78-69-70(68-77-71(74)65-62-59-56-53-50-47-24-21-18-15-12-9-6-3)79-73(76)67-64-61-58-55-52-49-46-44-41-30-28-26-23-20-17-14-11-8-5-2/h7-12,16-21,25-28,31-32,34-35,41,44,47,49-50,52,56,58-59,61,70H,4-6,13-15,22-24,29-30,33,36-40,42-43,45-46,48,51,53-55,57,60,62-69H2,1-3H3/b10-7-,11-8-,12-9-,19-16-,20-17-,21-18-,27-25-,28-26-,32-31-,35-34-,44-41-,50-47-,52-49-,59-56-,61-58-. The van der Waals surface area contributed by atoms with Crippen LogP contribution in [-0.4, -0.2) is 37.2 Å². The maximum absolute atomic E-state index is 12.8. The Labute approximate surface area is 484 Å². The first kappa shape index (κ1) is 73.5. The maximum Gasteiger partial charge on any atom is 0.306 e. The summed E-state index contributed by atoms with van der Waals surface area (Å²) in [6.07, 6.45) is 97.9. The molecule has 0 aliphatic carbocycles. The van der Waals surface area contributed by atoms with Crippen LogP contribution in [0.4, 0.5) is 0 Å². The number of hydrogen-bond donors (Lipinski definition) is 0. The molecule has 0 aromatic carbocycles. The number of unbranched alkanes of at least 4 members (excludes halogenated alkanes) is 13. The van der Waals surface area contributed by atoms with E-state index in [9.17, 15) is 14.4 Å². The Morgan fingerprint density at radius 2 is 0.481 bits per heavy atom. The summed E-state index contributed by atoms with van der Waals surface area (Å²) < 4.78 is 16.7. The third-order valence-electron chi connectivity index (χ3n) is 12.4. The van der Waals surface area contributed by atoms with Gasteiger partial charge in [0.2, 0.25) is 0 Å². The second-order valence-corrected chi connectivity index (χ2v) is 19.8. The van der Waals surface area contributed by atoms with Gasteiger partial charge in [0.05, 0.1) is 0 Å². The molecule has 1 unspecified atom stereocenters. The fourth-order valence-electron chi connectivity index (χ4n) is 7.86. The molecule has 0 aliphatic heterocycles. The predicted octanol–water partition coefficient (Wildman–Crippen LogP) is 21.7. The molecule has 6 heteroatoms. The molecular weight excluding hydrogens is 973 g/mol. The minimum absolute atomic E-state index is 0.139. The van der Waals surface area contributed by atoms with Crippen molar-refractivity contribution >= 4 is 17.9 Å². The van der Waals surface area contributed by atoms with E-state index in [2.05, 4.69) is 179 Å². The van der Waals surface area contributed by atoms with Crippen molar-refractivity contribution in [1.82, 2.24) is 0 Å². The highest BCUT2D eigenvalue weighted by molar-refractivity contribution is 5.71. The zero-order chi connectivity index (χ0) is 57.1. The fourth-order valence-corrected chi connectivity index (χ4v) is 7.86. The van der Waals surface area contributed by atoms with E-state index in [4.69, 9.17) is 14.2 Å². The van der Waals surface area contributed by atoms with Crippen LogP contribution < -0.4 is 0 Å². The molecule has 79 heavy (non-hydrogen) atoms. The first-order valence-electron chi connectivity index (χ1n) is 31.3. The first-order valence-corrected chi connectivity index (χ1v) is 31.3. The molecule has 0 saturated heterocycles. The quantitative estimate of drug-likeness (QED) is 0.0261. The van der Waals surface area contributed by atoms with Crippen LogP contribution in [-0.2, 0) is 28.6 Å². The van der Waals surface area contributed by atoms with Gasteiger partial charge in [0.25, 0.3) is 0 Å². The summed E-state index contributed by atoms with van der Waals surface area (Å²) in [5.41, 5.74) is 0. The molecule has 0 heterocycles. The third-order valence-corrected chi connectivity index (χ3v) is 12.4. The first-order chi connectivity index (χ1) is 39.0. The van der Waals surface area contributed by atoms with Crippen molar-refractivity contribution in [2.24, 2.45) is 0 Å². The molecule has 0 aromatic rings. The van der Waals surface area contributed by atoms with Gasteiger partial charge in [-0.05, 0) is 128 Å². The molecule has 0 aromatic heterocycles. The number of esters is 3. The van der Waals surface area contributed by atoms with Gasteiger partial charge in [-0.25, -0.2) is 0 Å². The minimum atomic E-state index is -0.858. The largest absolute Gasteiger partial charge is 0.462 e. The second-order valence-electron chi connectivity index (χ2n) is 19.8. The predicted molar refractivity (Wildman–Crippen MR) is 343 cm³/mol. The lowest BCUT2D eigenvalue weighted by molar-refractivity contribution is -0.166. The van der Waals surface area contributed by atoms with Crippen LogP contribution in [0.2, 0.25) is 0 Å². The normalized spacial score (nSPS) is 13.4. The molecule has 1 atom stereocenters. The van der Waals surface area contributed by atoms with Crippen LogP contribution >= 0.6 is 0 Å². The van der Waals surface area contributed by atoms with Crippen LogP contribution in [0, 0.1) is 0 Å². The summed E-state index contributed by atoms with van der Waals surface area (Å²) in [4.78, 5) is 38.2. The van der Waals surface area contributed by atoms with Crippen molar-refractivity contribution in [1.29, 1.82) is 0 Å². The zero-order valence-corrected chi connectivity index (χ0v) is 50.3.